The van der Waals surface area contributed by atoms with Crippen molar-refractivity contribution in [2.45, 2.75) is 38.6 Å². The SMILES string of the molecule is CC(Nc1nc2ccc(F)cc2[nH]1)C1CCCC1. The van der Waals surface area contributed by atoms with Gasteiger partial charge in [0.1, 0.15) is 5.82 Å². The van der Waals surface area contributed by atoms with Crippen LogP contribution in [0.3, 0.4) is 0 Å². The van der Waals surface area contributed by atoms with Gasteiger partial charge in [-0.25, -0.2) is 9.37 Å². The molecular formula is C14H18FN3. The van der Waals surface area contributed by atoms with Gasteiger partial charge in [0.25, 0.3) is 0 Å². The van der Waals surface area contributed by atoms with E-state index >= 15 is 0 Å². The van der Waals surface area contributed by atoms with Crippen molar-refractivity contribution < 1.29 is 4.39 Å². The molecule has 0 amide bonds. The summed E-state index contributed by atoms with van der Waals surface area (Å²) < 4.78 is 13.1. The summed E-state index contributed by atoms with van der Waals surface area (Å²) in [6.45, 7) is 2.20. The number of nitrogens with one attached hydrogen (secondary N) is 2. The Labute approximate surface area is 106 Å². The van der Waals surface area contributed by atoms with E-state index in [1.165, 1.54) is 37.8 Å². The molecule has 0 bridgehead atoms. The number of aromatic amines is 1. The number of hydrogen-bond acceptors (Lipinski definition) is 2. The first-order valence-corrected chi connectivity index (χ1v) is 6.64. The number of fused-ring (bicyclic) bond motifs is 1. The van der Waals surface area contributed by atoms with Gasteiger partial charge >= 0.3 is 0 Å². The fraction of sp³-hybridized carbons (Fsp3) is 0.500. The van der Waals surface area contributed by atoms with Crippen LogP contribution >= 0.6 is 0 Å². The van der Waals surface area contributed by atoms with Gasteiger partial charge in [0, 0.05) is 6.04 Å². The second kappa shape index (κ2) is 4.59. The minimum atomic E-state index is -0.235. The van der Waals surface area contributed by atoms with E-state index in [0.29, 0.717) is 6.04 Å². The van der Waals surface area contributed by atoms with Crippen LogP contribution in [0.25, 0.3) is 11.0 Å². The fourth-order valence-electron chi connectivity index (χ4n) is 2.84. The number of halogens is 1. The number of anilines is 1. The first-order valence-electron chi connectivity index (χ1n) is 6.64. The van der Waals surface area contributed by atoms with Crippen LogP contribution in [0, 0.1) is 11.7 Å². The summed E-state index contributed by atoms with van der Waals surface area (Å²) in [5.41, 5.74) is 1.55. The number of benzene rings is 1. The van der Waals surface area contributed by atoms with E-state index in [9.17, 15) is 4.39 Å². The lowest BCUT2D eigenvalue weighted by Gasteiger charge is -2.19. The lowest BCUT2D eigenvalue weighted by molar-refractivity contribution is 0.480. The molecule has 3 rings (SSSR count). The minimum absolute atomic E-state index is 0.235. The summed E-state index contributed by atoms with van der Waals surface area (Å²) >= 11 is 0. The smallest absolute Gasteiger partial charge is 0.201 e. The summed E-state index contributed by atoms with van der Waals surface area (Å²) in [5.74, 6) is 1.24. The van der Waals surface area contributed by atoms with Gasteiger partial charge in [0.05, 0.1) is 11.0 Å². The standard InChI is InChI=1S/C14H18FN3/c1-9(10-4-2-3-5-10)16-14-17-12-7-6-11(15)8-13(12)18-14/h6-10H,2-5H2,1H3,(H2,16,17,18). The molecule has 1 saturated carbocycles. The van der Waals surface area contributed by atoms with E-state index in [1.807, 2.05) is 0 Å². The number of rotatable bonds is 3. The van der Waals surface area contributed by atoms with Crippen LogP contribution in [-0.2, 0) is 0 Å². The summed E-state index contributed by atoms with van der Waals surface area (Å²) in [6, 6.07) is 5.03. The van der Waals surface area contributed by atoms with Gasteiger partial charge in [-0.3, -0.25) is 0 Å². The van der Waals surface area contributed by atoms with Gasteiger partial charge in [-0.15, -0.1) is 0 Å². The zero-order chi connectivity index (χ0) is 12.5. The quantitative estimate of drug-likeness (QED) is 0.868. The molecule has 0 aliphatic heterocycles. The van der Waals surface area contributed by atoms with E-state index in [2.05, 4.69) is 22.2 Å². The average Bonchev–Trinajstić information content (AvgIpc) is 2.95. The van der Waals surface area contributed by atoms with Crippen molar-refractivity contribution in [3.8, 4) is 0 Å². The molecular weight excluding hydrogens is 229 g/mol. The van der Waals surface area contributed by atoms with Crippen molar-refractivity contribution in [3.05, 3.63) is 24.0 Å². The molecule has 0 spiro atoms. The topological polar surface area (TPSA) is 40.7 Å². The lowest BCUT2D eigenvalue weighted by atomic mass is 10.0. The zero-order valence-corrected chi connectivity index (χ0v) is 10.5. The van der Waals surface area contributed by atoms with Crippen LogP contribution in [0.2, 0.25) is 0 Å². The predicted molar refractivity (Wildman–Crippen MR) is 71.1 cm³/mol. The molecule has 0 radical (unpaired) electrons. The number of hydrogen-bond donors (Lipinski definition) is 2. The molecule has 2 N–H and O–H groups in total. The molecule has 2 aromatic rings. The van der Waals surface area contributed by atoms with E-state index in [1.54, 1.807) is 6.07 Å². The fourth-order valence-corrected chi connectivity index (χ4v) is 2.84. The highest BCUT2D eigenvalue weighted by atomic mass is 19.1. The molecule has 3 nitrogen and oxygen atoms in total. The maximum atomic E-state index is 13.1. The van der Waals surface area contributed by atoms with Crippen LogP contribution in [0.5, 0.6) is 0 Å². The molecule has 1 aliphatic carbocycles. The molecule has 1 aromatic carbocycles. The Morgan fingerprint density at radius 2 is 2.17 bits per heavy atom. The van der Waals surface area contributed by atoms with Gasteiger partial charge in [0.15, 0.2) is 0 Å². The summed E-state index contributed by atoms with van der Waals surface area (Å²) in [7, 11) is 0. The first-order chi connectivity index (χ1) is 8.72. The highest BCUT2D eigenvalue weighted by Crippen LogP contribution is 2.29. The highest BCUT2D eigenvalue weighted by Gasteiger charge is 2.22. The van der Waals surface area contributed by atoms with E-state index in [-0.39, 0.29) is 5.82 Å². The molecule has 1 atom stereocenters. The van der Waals surface area contributed by atoms with E-state index < -0.39 is 0 Å². The summed E-state index contributed by atoms with van der Waals surface area (Å²) in [4.78, 5) is 7.56. The molecule has 18 heavy (non-hydrogen) atoms. The van der Waals surface area contributed by atoms with Crippen molar-refractivity contribution in [2.24, 2.45) is 5.92 Å². The van der Waals surface area contributed by atoms with Crippen LogP contribution in [-0.4, -0.2) is 16.0 Å². The minimum Gasteiger partial charge on any atom is -0.353 e. The van der Waals surface area contributed by atoms with Crippen molar-refractivity contribution in [3.63, 3.8) is 0 Å². The van der Waals surface area contributed by atoms with Gasteiger partial charge in [-0.05, 0) is 43.9 Å². The third-order valence-electron chi connectivity index (χ3n) is 3.92. The van der Waals surface area contributed by atoms with Gasteiger partial charge in [-0.1, -0.05) is 12.8 Å². The third-order valence-corrected chi connectivity index (χ3v) is 3.92. The van der Waals surface area contributed by atoms with Gasteiger partial charge in [0.2, 0.25) is 5.95 Å². The molecule has 96 valence electrons. The normalized spacial score (nSPS) is 18.3. The molecule has 0 saturated heterocycles. The Morgan fingerprint density at radius 1 is 1.39 bits per heavy atom. The van der Waals surface area contributed by atoms with E-state index in [0.717, 1.165) is 22.9 Å². The lowest BCUT2D eigenvalue weighted by Crippen LogP contribution is -2.24. The van der Waals surface area contributed by atoms with Crippen LogP contribution < -0.4 is 5.32 Å². The first kappa shape index (κ1) is 11.5. The maximum absolute atomic E-state index is 13.1. The largest absolute Gasteiger partial charge is 0.353 e. The van der Waals surface area contributed by atoms with Gasteiger partial charge in [-0.2, -0.15) is 0 Å². The van der Waals surface area contributed by atoms with Crippen molar-refractivity contribution in [1.29, 1.82) is 0 Å². The molecule has 1 aromatic heterocycles. The van der Waals surface area contributed by atoms with Crippen molar-refractivity contribution in [1.82, 2.24) is 9.97 Å². The van der Waals surface area contributed by atoms with Crippen LogP contribution in [0.4, 0.5) is 10.3 Å². The Hall–Kier alpha value is -1.58. The number of imidazole rings is 1. The van der Waals surface area contributed by atoms with Crippen molar-refractivity contribution in [2.75, 3.05) is 5.32 Å². The third kappa shape index (κ3) is 2.19. The Bertz CT molecular complexity index is 543. The van der Waals surface area contributed by atoms with E-state index in [4.69, 9.17) is 0 Å². The second-order valence-electron chi connectivity index (χ2n) is 5.22. The Kier molecular flexibility index (Phi) is 2.94. The number of aromatic nitrogens is 2. The monoisotopic (exact) mass is 247 g/mol. The molecule has 1 unspecified atom stereocenters. The molecule has 1 heterocycles. The molecule has 4 heteroatoms. The highest BCUT2D eigenvalue weighted by molar-refractivity contribution is 5.77. The average molecular weight is 247 g/mol. The summed E-state index contributed by atoms with van der Waals surface area (Å²) in [6.07, 6.45) is 5.26. The molecule has 1 fully saturated rings. The number of H-pyrrole nitrogens is 1. The van der Waals surface area contributed by atoms with Gasteiger partial charge < -0.3 is 10.3 Å². The number of nitrogens with zero attached hydrogens (tertiary/aromatic N) is 1. The van der Waals surface area contributed by atoms with Crippen LogP contribution in [0.15, 0.2) is 18.2 Å². The predicted octanol–water partition coefficient (Wildman–Crippen LogP) is 3.69. The zero-order valence-electron chi connectivity index (χ0n) is 10.5. The second-order valence-corrected chi connectivity index (χ2v) is 5.22. The Morgan fingerprint density at radius 3 is 2.94 bits per heavy atom. The summed E-state index contributed by atoms with van der Waals surface area (Å²) in [5, 5.41) is 3.40. The van der Waals surface area contributed by atoms with Crippen molar-refractivity contribution >= 4 is 17.0 Å². The molecule has 1 aliphatic rings. The maximum Gasteiger partial charge on any atom is 0.201 e. The Balaban J connectivity index is 1.77. The van der Waals surface area contributed by atoms with Crippen LogP contribution in [0.1, 0.15) is 32.6 Å².